The molecule has 0 spiro atoms. The van der Waals surface area contributed by atoms with Gasteiger partial charge in [0.15, 0.2) is 5.82 Å². The van der Waals surface area contributed by atoms with Crippen LogP contribution in [0.4, 0.5) is 13.2 Å². The summed E-state index contributed by atoms with van der Waals surface area (Å²) >= 11 is 0. The smallest absolute Gasteiger partial charge is 0.280 e. The Hall–Kier alpha value is -3.61. The normalized spacial score (nSPS) is 11.0. The van der Waals surface area contributed by atoms with Crippen LogP contribution in [0.3, 0.4) is 0 Å². The maximum Gasteiger partial charge on any atom is 0.280 e. The summed E-state index contributed by atoms with van der Waals surface area (Å²) in [7, 11) is 0. The van der Waals surface area contributed by atoms with Crippen molar-refractivity contribution in [3.63, 3.8) is 0 Å². The van der Waals surface area contributed by atoms with Crippen LogP contribution >= 0.6 is 0 Å². The molecule has 1 N–H and O–H groups in total. The van der Waals surface area contributed by atoms with Crippen molar-refractivity contribution in [1.29, 1.82) is 0 Å². The number of rotatable bonds is 4. The highest BCUT2D eigenvalue weighted by atomic mass is 19.1. The number of halogens is 3. The van der Waals surface area contributed by atoms with Crippen LogP contribution in [-0.4, -0.2) is 9.66 Å². The maximum absolute atomic E-state index is 14.5. The van der Waals surface area contributed by atoms with Gasteiger partial charge in [-0.05, 0) is 42.8 Å². The zero-order valence-corrected chi connectivity index (χ0v) is 15.4. The molecule has 0 saturated heterocycles. The Morgan fingerprint density at radius 2 is 1.76 bits per heavy atom. The monoisotopic (exact) mass is 395 g/mol. The first-order chi connectivity index (χ1) is 13.9. The van der Waals surface area contributed by atoms with E-state index in [4.69, 9.17) is 0 Å². The largest absolute Gasteiger partial charge is 0.317 e. The van der Waals surface area contributed by atoms with Gasteiger partial charge < -0.3 is 5.43 Å². The number of aromatic nitrogens is 2. The standard InChI is InChI=1S/C22H16F3N3O/c1-13-6-9-17-20(10-13)27-21(16-4-2-3-5-18(16)24)28(22(17)29)26-12-14-7-8-15(23)11-19(14)25/h2-11,26H,12H2,1H3. The number of nitrogens with zero attached hydrogens (tertiary/aromatic N) is 2. The molecule has 1 heterocycles. The van der Waals surface area contributed by atoms with Crippen LogP contribution in [0.2, 0.25) is 0 Å². The van der Waals surface area contributed by atoms with Crippen molar-refractivity contribution in [2.24, 2.45) is 0 Å². The second-order valence-corrected chi connectivity index (χ2v) is 6.65. The Balaban J connectivity index is 1.87. The van der Waals surface area contributed by atoms with Gasteiger partial charge in [0.05, 0.1) is 23.0 Å². The van der Waals surface area contributed by atoms with Crippen molar-refractivity contribution in [3.05, 3.63) is 99.6 Å². The molecule has 0 aliphatic carbocycles. The number of hydrogen-bond acceptors (Lipinski definition) is 3. The highest BCUT2D eigenvalue weighted by Crippen LogP contribution is 2.22. The Morgan fingerprint density at radius 1 is 0.966 bits per heavy atom. The van der Waals surface area contributed by atoms with Crippen LogP contribution in [0.25, 0.3) is 22.3 Å². The fraction of sp³-hybridized carbons (Fsp3) is 0.0909. The summed E-state index contributed by atoms with van der Waals surface area (Å²) in [4.78, 5) is 17.6. The predicted octanol–water partition coefficient (Wildman–Crippen LogP) is 4.53. The molecule has 0 fully saturated rings. The Labute approximate surface area is 164 Å². The molecule has 0 aliphatic rings. The van der Waals surface area contributed by atoms with Crippen LogP contribution in [0.1, 0.15) is 11.1 Å². The van der Waals surface area contributed by atoms with Gasteiger partial charge in [0.1, 0.15) is 17.5 Å². The number of hydrogen-bond donors (Lipinski definition) is 1. The number of fused-ring (bicyclic) bond motifs is 1. The fourth-order valence-corrected chi connectivity index (χ4v) is 3.09. The minimum Gasteiger partial charge on any atom is -0.317 e. The van der Waals surface area contributed by atoms with Crippen molar-refractivity contribution in [2.45, 2.75) is 13.5 Å². The predicted molar refractivity (Wildman–Crippen MR) is 106 cm³/mol. The molecule has 0 aliphatic heterocycles. The number of aryl methyl sites for hydroxylation is 1. The van der Waals surface area contributed by atoms with Crippen molar-refractivity contribution < 1.29 is 13.2 Å². The molecule has 146 valence electrons. The quantitative estimate of drug-likeness (QED) is 0.552. The summed E-state index contributed by atoms with van der Waals surface area (Å²) in [6.07, 6.45) is 0. The zero-order valence-electron chi connectivity index (χ0n) is 15.4. The molecule has 7 heteroatoms. The van der Waals surface area contributed by atoms with E-state index in [0.29, 0.717) is 10.9 Å². The highest BCUT2D eigenvalue weighted by molar-refractivity contribution is 5.80. The summed E-state index contributed by atoms with van der Waals surface area (Å²) < 4.78 is 42.7. The first-order valence-electron chi connectivity index (χ1n) is 8.90. The summed E-state index contributed by atoms with van der Waals surface area (Å²) in [5.41, 5.74) is 3.97. The van der Waals surface area contributed by atoms with Gasteiger partial charge in [-0.15, -0.1) is 0 Å². The summed E-state index contributed by atoms with van der Waals surface area (Å²) in [5, 5.41) is 0.336. The van der Waals surface area contributed by atoms with Gasteiger partial charge in [0.25, 0.3) is 5.56 Å². The molecule has 0 saturated carbocycles. The molecule has 0 amide bonds. The van der Waals surface area contributed by atoms with Crippen LogP contribution in [0.15, 0.2) is 65.5 Å². The lowest BCUT2D eigenvalue weighted by Crippen LogP contribution is -2.31. The van der Waals surface area contributed by atoms with E-state index in [-0.39, 0.29) is 23.5 Å². The number of benzene rings is 3. The van der Waals surface area contributed by atoms with Gasteiger partial charge in [0.2, 0.25) is 0 Å². The van der Waals surface area contributed by atoms with E-state index in [9.17, 15) is 18.0 Å². The van der Waals surface area contributed by atoms with Crippen LogP contribution < -0.4 is 11.0 Å². The molecule has 0 radical (unpaired) electrons. The van der Waals surface area contributed by atoms with Crippen molar-refractivity contribution >= 4 is 10.9 Å². The zero-order chi connectivity index (χ0) is 20.5. The first-order valence-corrected chi connectivity index (χ1v) is 8.90. The average molecular weight is 395 g/mol. The van der Waals surface area contributed by atoms with E-state index < -0.39 is 23.0 Å². The average Bonchev–Trinajstić information content (AvgIpc) is 2.68. The molecular weight excluding hydrogens is 379 g/mol. The second-order valence-electron chi connectivity index (χ2n) is 6.65. The van der Waals surface area contributed by atoms with Crippen molar-refractivity contribution in [2.75, 3.05) is 5.43 Å². The third-order valence-corrected chi connectivity index (χ3v) is 4.58. The van der Waals surface area contributed by atoms with Gasteiger partial charge in [-0.3, -0.25) is 4.79 Å². The summed E-state index contributed by atoms with van der Waals surface area (Å²) in [6.45, 7) is 1.75. The molecule has 4 aromatic rings. The van der Waals surface area contributed by atoms with E-state index >= 15 is 0 Å². The third-order valence-electron chi connectivity index (χ3n) is 4.58. The minimum atomic E-state index is -0.748. The van der Waals surface area contributed by atoms with Gasteiger partial charge in [0, 0.05) is 11.6 Å². The molecule has 4 nitrogen and oxygen atoms in total. The van der Waals surface area contributed by atoms with Gasteiger partial charge >= 0.3 is 0 Å². The van der Waals surface area contributed by atoms with Gasteiger partial charge in [-0.25, -0.2) is 22.8 Å². The maximum atomic E-state index is 14.5. The summed E-state index contributed by atoms with van der Waals surface area (Å²) in [6, 6.07) is 14.3. The lowest BCUT2D eigenvalue weighted by Gasteiger charge is -2.16. The first kappa shape index (κ1) is 18.7. The van der Waals surface area contributed by atoms with Crippen molar-refractivity contribution in [3.8, 4) is 11.4 Å². The molecule has 0 atom stereocenters. The van der Waals surface area contributed by atoms with Crippen LogP contribution in [-0.2, 0) is 6.54 Å². The SMILES string of the molecule is Cc1ccc2c(=O)n(NCc3ccc(F)cc3F)c(-c3ccccc3F)nc2c1. The minimum absolute atomic E-state index is 0.0636. The molecule has 0 bridgehead atoms. The summed E-state index contributed by atoms with van der Waals surface area (Å²) in [5.74, 6) is -1.93. The molecule has 29 heavy (non-hydrogen) atoms. The Morgan fingerprint density at radius 3 is 2.52 bits per heavy atom. The fourth-order valence-electron chi connectivity index (χ4n) is 3.09. The van der Waals surface area contributed by atoms with Crippen LogP contribution in [0, 0.1) is 24.4 Å². The molecule has 1 aromatic heterocycles. The van der Waals surface area contributed by atoms with E-state index in [1.165, 1.54) is 24.3 Å². The topological polar surface area (TPSA) is 46.9 Å². The van der Waals surface area contributed by atoms with Crippen LogP contribution in [0.5, 0.6) is 0 Å². The molecular formula is C22H16F3N3O. The number of nitrogens with one attached hydrogen (secondary N) is 1. The van der Waals surface area contributed by atoms with E-state index in [2.05, 4.69) is 10.4 Å². The van der Waals surface area contributed by atoms with E-state index in [1.54, 1.807) is 24.3 Å². The molecule has 3 aromatic carbocycles. The third kappa shape index (κ3) is 3.59. The second kappa shape index (κ2) is 7.43. The lowest BCUT2D eigenvalue weighted by molar-refractivity contribution is 0.571. The Kier molecular flexibility index (Phi) is 4.80. The molecule has 0 unspecified atom stereocenters. The highest BCUT2D eigenvalue weighted by Gasteiger charge is 2.16. The van der Waals surface area contributed by atoms with Gasteiger partial charge in [-0.2, -0.15) is 0 Å². The molecule has 4 rings (SSSR count). The van der Waals surface area contributed by atoms with E-state index in [0.717, 1.165) is 22.4 Å². The van der Waals surface area contributed by atoms with Crippen molar-refractivity contribution in [1.82, 2.24) is 9.66 Å². The Bertz CT molecular complexity index is 1280. The van der Waals surface area contributed by atoms with E-state index in [1.807, 2.05) is 6.92 Å². The van der Waals surface area contributed by atoms with Gasteiger partial charge in [-0.1, -0.05) is 24.3 Å². The lowest BCUT2D eigenvalue weighted by atomic mass is 10.1.